The van der Waals surface area contributed by atoms with E-state index in [2.05, 4.69) is 72.5 Å². The van der Waals surface area contributed by atoms with Gasteiger partial charge in [-0.1, -0.05) is 42.5 Å². The molecule has 0 aromatic heterocycles. The largest absolute Gasteiger partial charge is 0.341 e. The first-order chi connectivity index (χ1) is 8.34. The highest BCUT2D eigenvalue weighted by Crippen LogP contribution is 2.28. The van der Waals surface area contributed by atoms with E-state index >= 15 is 0 Å². The van der Waals surface area contributed by atoms with Crippen LogP contribution in [0.5, 0.6) is 0 Å². The molecule has 0 saturated carbocycles. The Morgan fingerprint density at radius 1 is 0.882 bits per heavy atom. The molecule has 0 unspecified atom stereocenters. The highest BCUT2D eigenvalue weighted by molar-refractivity contribution is 5.67. The number of hydrogen-bond donors (Lipinski definition) is 0. The van der Waals surface area contributed by atoms with Crippen molar-refractivity contribution in [3.8, 4) is 0 Å². The van der Waals surface area contributed by atoms with Gasteiger partial charge in [0.2, 0.25) is 0 Å². The van der Waals surface area contributed by atoms with Gasteiger partial charge < -0.3 is 4.90 Å². The van der Waals surface area contributed by atoms with Crippen molar-refractivity contribution in [2.75, 3.05) is 4.90 Å². The summed E-state index contributed by atoms with van der Waals surface area (Å²) in [6.45, 7) is 3.13. The number of hydrogen-bond acceptors (Lipinski definition) is 1. The third kappa shape index (κ3) is 1.84. The summed E-state index contributed by atoms with van der Waals surface area (Å²) in [7, 11) is 0. The highest BCUT2D eigenvalue weighted by Gasteiger charge is 2.15. The lowest BCUT2D eigenvalue weighted by Gasteiger charge is -2.30. The summed E-state index contributed by atoms with van der Waals surface area (Å²) in [6.07, 6.45) is 2.26. The van der Waals surface area contributed by atoms with Crippen LogP contribution >= 0.6 is 0 Å². The van der Waals surface area contributed by atoms with Crippen molar-refractivity contribution < 1.29 is 0 Å². The first-order valence-electron chi connectivity index (χ1n) is 5.93. The van der Waals surface area contributed by atoms with E-state index in [-0.39, 0.29) is 0 Å². The molecule has 3 rings (SSSR count). The highest BCUT2D eigenvalue weighted by atomic mass is 15.1. The van der Waals surface area contributed by atoms with E-state index in [1.165, 1.54) is 22.5 Å². The molecule has 0 bridgehead atoms. The summed E-state index contributed by atoms with van der Waals surface area (Å²) >= 11 is 0. The predicted molar refractivity (Wildman–Crippen MR) is 72.7 cm³/mol. The second-order valence-electron chi connectivity index (χ2n) is 4.41. The molecule has 0 atom stereocenters. The van der Waals surface area contributed by atoms with Crippen LogP contribution in [0.2, 0.25) is 0 Å². The Hall–Kier alpha value is -2.02. The van der Waals surface area contributed by atoms with Crippen LogP contribution in [-0.4, -0.2) is 0 Å². The lowest BCUT2D eigenvalue weighted by molar-refractivity contribution is 0.900. The van der Waals surface area contributed by atoms with Crippen LogP contribution in [0.15, 0.2) is 60.3 Å². The Labute approximate surface area is 102 Å². The van der Waals surface area contributed by atoms with Gasteiger partial charge in [-0.15, -0.1) is 0 Å². The molecule has 0 amide bonds. The maximum Gasteiger partial charge on any atom is 0.0484 e. The quantitative estimate of drug-likeness (QED) is 0.701. The number of benzene rings is 2. The maximum atomic E-state index is 2.35. The van der Waals surface area contributed by atoms with Crippen molar-refractivity contribution in [2.24, 2.45) is 0 Å². The molecule has 1 aliphatic rings. The van der Waals surface area contributed by atoms with Gasteiger partial charge in [0.25, 0.3) is 0 Å². The molecule has 0 N–H and O–H groups in total. The van der Waals surface area contributed by atoms with Crippen molar-refractivity contribution in [3.63, 3.8) is 0 Å². The Balaban J connectivity index is 2.02. The SMILES string of the molecule is CC1=Cc2ccccc2CN1c1ccccc1. The third-order valence-electron chi connectivity index (χ3n) is 3.24. The summed E-state index contributed by atoms with van der Waals surface area (Å²) in [6, 6.07) is 19.1. The monoisotopic (exact) mass is 221 g/mol. The van der Waals surface area contributed by atoms with Crippen LogP contribution in [0.3, 0.4) is 0 Å². The van der Waals surface area contributed by atoms with Gasteiger partial charge in [0.1, 0.15) is 0 Å². The van der Waals surface area contributed by atoms with E-state index < -0.39 is 0 Å². The van der Waals surface area contributed by atoms with Crippen molar-refractivity contribution >= 4 is 11.8 Å². The number of allylic oxidation sites excluding steroid dienone is 1. The van der Waals surface area contributed by atoms with Crippen LogP contribution in [0.4, 0.5) is 5.69 Å². The average Bonchev–Trinajstić information content (AvgIpc) is 2.39. The van der Waals surface area contributed by atoms with Crippen LogP contribution in [-0.2, 0) is 6.54 Å². The number of para-hydroxylation sites is 1. The van der Waals surface area contributed by atoms with E-state index in [1.54, 1.807) is 0 Å². The minimum Gasteiger partial charge on any atom is -0.341 e. The minimum atomic E-state index is 0.961. The summed E-state index contributed by atoms with van der Waals surface area (Å²) in [5.74, 6) is 0. The topological polar surface area (TPSA) is 3.24 Å². The normalized spacial score (nSPS) is 14.2. The molecular weight excluding hydrogens is 206 g/mol. The molecule has 17 heavy (non-hydrogen) atoms. The second kappa shape index (κ2) is 4.10. The van der Waals surface area contributed by atoms with Gasteiger partial charge in [-0.05, 0) is 36.3 Å². The van der Waals surface area contributed by atoms with Crippen LogP contribution in [0, 0.1) is 0 Å². The van der Waals surface area contributed by atoms with E-state index in [1.807, 2.05) is 0 Å². The molecule has 2 aromatic carbocycles. The number of fused-ring (bicyclic) bond motifs is 1. The molecule has 84 valence electrons. The first-order valence-corrected chi connectivity index (χ1v) is 5.93. The van der Waals surface area contributed by atoms with E-state index in [0.717, 1.165) is 6.54 Å². The molecular formula is C16H15N. The number of nitrogens with zero attached hydrogens (tertiary/aromatic N) is 1. The van der Waals surface area contributed by atoms with E-state index in [4.69, 9.17) is 0 Å². The van der Waals surface area contributed by atoms with E-state index in [0.29, 0.717) is 0 Å². The van der Waals surface area contributed by atoms with Crippen molar-refractivity contribution in [2.45, 2.75) is 13.5 Å². The molecule has 1 heterocycles. The standard InChI is InChI=1S/C16H15N/c1-13-11-14-7-5-6-8-15(14)12-17(13)16-9-3-2-4-10-16/h2-11H,12H2,1H3. The molecule has 0 aliphatic carbocycles. The van der Waals surface area contributed by atoms with Gasteiger partial charge in [-0.2, -0.15) is 0 Å². The summed E-state index contributed by atoms with van der Waals surface area (Å²) in [5, 5.41) is 0. The summed E-state index contributed by atoms with van der Waals surface area (Å²) in [5.41, 5.74) is 5.30. The average molecular weight is 221 g/mol. The summed E-state index contributed by atoms with van der Waals surface area (Å²) < 4.78 is 0. The van der Waals surface area contributed by atoms with E-state index in [9.17, 15) is 0 Å². The number of rotatable bonds is 1. The first kappa shape index (κ1) is 10.2. The molecule has 1 aliphatic heterocycles. The molecule has 0 saturated heterocycles. The molecule has 1 heteroatoms. The van der Waals surface area contributed by atoms with Crippen molar-refractivity contribution in [1.29, 1.82) is 0 Å². The third-order valence-corrected chi connectivity index (χ3v) is 3.24. The number of anilines is 1. The van der Waals surface area contributed by atoms with Gasteiger partial charge >= 0.3 is 0 Å². The fourth-order valence-electron chi connectivity index (χ4n) is 2.32. The van der Waals surface area contributed by atoms with Gasteiger partial charge in [0.05, 0.1) is 0 Å². The predicted octanol–water partition coefficient (Wildman–Crippen LogP) is 4.07. The minimum absolute atomic E-state index is 0.961. The molecule has 0 spiro atoms. The fraction of sp³-hybridized carbons (Fsp3) is 0.125. The van der Waals surface area contributed by atoms with Crippen molar-refractivity contribution in [1.82, 2.24) is 0 Å². The zero-order chi connectivity index (χ0) is 11.7. The zero-order valence-corrected chi connectivity index (χ0v) is 9.93. The Morgan fingerprint density at radius 2 is 1.59 bits per heavy atom. The maximum absolute atomic E-state index is 2.35. The van der Waals surface area contributed by atoms with Crippen LogP contribution in [0.25, 0.3) is 6.08 Å². The van der Waals surface area contributed by atoms with Gasteiger partial charge in [0, 0.05) is 17.9 Å². The summed E-state index contributed by atoms with van der Waals surface area (Å²) in [4.78, 5) is 2.35. The lowest BCUT2D eigenvalue weighted by atomic mass is 10.0. The molecule has 2 aromatic rings. The zero-order valence-electron chi connectivity index (χ0n) is 9.93. The lowest BCUT2D eigenvalue weighted by Crippen LogP contribution is -2.23. The van der Waals surface area contributed by atoms with Gasteiger partial charge in [-0.25, -0.2) is 0 Å². The smallest absolute Gasteiger partial charge is 0.0484 e. The molecule has 0 radical (unpaired) electrons. The van der Waals surface area contributed by atoms with Crippen LogP contribution in [0.1, 0.15) is 18.1 Å². The fourth-order valence-corrected chi connectivity index (χ4v) is 2.32. The van der Waals surface area contributed by atoms with Crippen molar-refractivity contribution in [3.05, 3.63) is 71.4 Å². The second-order valence-corrected chi connectivity index (χ2v) is 4.41. The molecule has 0 fully saturated rings. The Kier molecular flexibility index (Phi) is 2.45. The van der Waals surface area contributed by atoms with Crippen LogP contribution < -0.4 is 4.90 Å². The Morgan fingerprint density at radius 3 is 2.41 bits per heavy atom. The van der Waals surface area contributed by atoms with Gasteiger partial charge in [0.15, 0.2) is 0 Å². The van der Waals surface area contributed by atoms with Gasteiger partial charge in [-0.3, -0.25) is 0 Å². The Bertz CT molecular complexity index is 555. The molecule has 1 nitrogen and oxygen atoms in total.